The molecule has 1 amide bonds. The Hall–Kier alpha value is -3.42. The summed E-state index contributed by atoms with van der Waals surface area (Å²) in [6.45, 7) is 3.95. The number of nitrogens with zero attached hydrogens (tertiary/aromatic N) is 4. The van der Waals surface area contributed by atoms with Crippen molar-refractivity contribution in [2.45, 2.75) is 26.2 Å². The van der Waals surface area contributed by atoms with Crippen molar-refractivity contribution in [1.29, 1.82) is 0 Å². The average molecular weight is 380 g/mol. The van der Waals surface area contributed by atoms with Crippen LogP contribution < -0.4 is 19.9 Å². The van der Waals surface area contributed by atoms with E-state index >= 15 is 0 Å². The minimum atomic E-state index is -0.684. The predicted octanol–water partition coefficient (Wildman–Crippen LogP) is 2.43. The lowest BCUT2D eigenvalue weighted by Crippen LogP contribution is -2.25. The van der Waals surface area contributed by atoms with E-state index in [1.54, 1.807) is 26.4 Å². The minimum Gasteiger partial charge on any atom is -0.497 e. The van der Waals surface area contributed by atoms with Gasteiger partial charge in [-0.15, -0.1) is 0 Å². The fourth-order valence-corrected chi connectivity index (χ4v) is 3.03. The topological polar surface area (TPSA) is 100 Å². The molecule has 2 aromatic carbocycles. The molecular formula is C20H22N5O3-. The Balaban J connectivity index is 1.91. The Morgan fingerprint density at radius 1 is 1.14 bits per heavy atom. The molecule has 0 fully saturated rings. The monoisotopic (exact) mass is 380 g/mol. The largest absolute Gasteiger partial charge is 0.497 e. The van der Waals surface area contributed by atoms with E-state index in [2.05, 4.69) is 25.9 Å². The van der Waals surface area contributed by atoms with Crippen LogP contribution in [0.4, 0.5) is 5.69 Å². The van der Waals surface area contributed by atoms with Crippen LogP contribution >= 0.6 is 0 Å². The Labute approximate surface area is 163 Å². The summed E-state index contributed by atoms with van der Waals surface area (Å²) in [6.07, 6.45) is 0.310. The van der Waals surface area contributed by atoms with Crippen molar-refractivity contribution >= 4 is 11.6 Å². The summed E-state index contributed by atoms with van der Waals surface area (Å²) in [5.41, 5.74) is 3.64. The number of carbonyl (C=O) groups excluding carboxylic acids is 1. The van der Waals surface area contributed by atoms with Crippen molar-refractivity contribution in [2.75, 3.05) is 19.5 Å². The van der Waals surface area contributed by atoms with Crippen LogP contribution in [0.3, 0.4) is 0 Å². The molecule has 1 atom stereocenters. The fourth-order valence-electron chi connectivity index (χ4n) is 3.03. The van der Waals surface area contributed by atoms with Crippen molar-refractivity contribution in [3.8, 4) is 11.5 Å². The van der Waals surface area contributed by atoms with Gasteiger partial charge in [0.25, 0.3) is 0 Å². The maximum absolute atomic E-state index is 13.1. The number of aromatic nitrogens is 4. The summed E-state index contributed by atoms with van der Waals surface area (Å²) in [6, 6.07) is 11.3. The number of nitrogens with one attached hydrogen (secondary N) is 1. The number of aryl methyl sites for hydroxylation is 2. The molecule has 0 aliphatic heterocycles. The van der Waals surface area contributed by atoms with Crippen LogP contribution in [0.2, 0.25) is 0 Å². The number of anilines is 1. The number of methoxy groups -OCH3 is 2. The number of amides is 1. The SMILES string of the molecule is COc1ccc(OC)c(C[C@H](C(=O)Nc2ccc(C)cc2C)c2nnn[n-]2)c1. The quantitative estimate of drug-likeness (QED) is 0.672. The number of tetrazole rings is 1. The molecule has 0 aliphatic rings. The van der Waals surface area contributed by atoms with Crippen molar-refractivity contribution in [1.82, 2.24) is 20.6 Å². The lowest BCUT2D eigenvalue weighted by Gasteiger charge is -2.19. The molecule has 28 heavy (non-hydrogen) atoms. The van der Waals surface area contributed by atoms with E-state index in [1.165, 1.54) is 0 Å². The highest BCUT2D eigenvalue weighted by Gasteiger charge is 2.23. The zero-order valence-electron chi connectivity index (χ0n) is 16.3. The van der Waals surface area contributed by atoms with Crippen LogP contribution in [-0.2, 0) is 11.2 Å². The summed E-state index contributed by atoms with van der Waals surface area (Å²) >= 11 is 0. The van der Waals surface area contributed by atoms with E-state index in [-0.39, 0.29) is 11.7 Å². The second kappa shape index (κ2) is 8.51. The third kappa shape index (κ3) is 4.28. The molecule has 0 saturated carbocycles. The number of hydrogen-bond donors (Lipinski definition) is 1. The van der Waals surface area contributed by atoms with E-state index in [9.17, 15) is 4.79 Å². The maximum atomic E-state index is 13.1. The van der Waals surface area contributed by atoms with Crippen LogP contribution in [0.1, 0.15) is 28.4 Å². The molecule has 0 unspecified atom stereocenters. The third-order valence-electron chi connectivity index (χ3n) is 4.51. The summed E-state index contributed by atoms with van der Waals surface area (Å²) in [4.78, 5) is 13.1. The van der Waals surface area contributed by atoms with Crippen LogP contribution in [0.15, 0.2) is 36.4 Å². The van der Waals surface area contributed by atoms with E-state index < -0.39 is 5.92 Å². The first-order valence-electron chi connectivity index (χ1n) is 8.79. The molecule has 1 heterocycles. The lowest BCUT2D eigenvalue weighted by molar-refractivity contribution is -0.117. The Morgan fingerprint density at radius 3 is 2.61 bits per heavy atom. The molecule has 146 valence electrons. The van der Waals surface area contributed by atoms with Gasteiger partial charge in [0, 0.05) is 11.5 Å². The van der Waals surface area contributed by atoms with E-state index in [4.69, 9.17) is 9.47 Å². The van der Waals surface area contributed by atoms with Gasteiger partial charge < -0.3 is 19.9 Å². The molecule has 8 nitrogen and oxygen atoms in total. The summed E-state index contributed by atoms with van der Waals surface area (Å²) < 4.78 is 10.7. The molecule has 0 bridgehead atoms. The van der Waals surface area contributed by atoms with Crippen LogP contribution in [0.25, 0.3) is 0 Å². The first-order valence-corrected chi connectivity index (χ1v) is 8.79. The molecule has 0 spiro atoms. The molecule has 0 aliphatic carbocycles. The number of benzene rings is 2. The van der Waals surface area contributed by atoms with Gasteiger partial charge in [0.2, 0.25) is 5.91 Å². The summed E-state index contributed by atoms with van der Waals surface area (Å²) in [7, 11) is 3.17. The Kier molecular flexibility index (Phi) is 5.88. The minimum absolute atomic E-state index is 0.244. The zero-order valence-corrected chi connectivity index (χ0v) is 16.3. The van der Waals surface area contributed by atoms with Crippen LogP contribution in [-0.4, -0.2) is 35.7 Å². The van der Waals surface area contributed by atoms with Gasteiger partial charge in [-0.05, 0) is 55.7 Å². The number of carbonyl (C=O) groups is 1. The molecule has 8 heteroatoms. The molecule has 3 rings (SSSR count). The van der Waals surface area contributed by atoms with Gasteiger partial charge in [-0.2, -0.15) is 5.21 Å². The highest BCUT2D eigenvalue weighted by molar-refractivity contribution is 5.96. The summed E-state index contributed by atoms with van der Waals surface area (Å²) in [5.74, 6) is 0.650. The molecule has 1 aromatic heterocycles. The smallest absolute Gasteiger partial charge is 0.232 e. The maximum Gasteiger partial charge on any atom is 0.232 e. The highest BCUT2D eigenvalue weighted by Crippen LogP contribution is 2.29. The standard InChI is InChI=1S/C20H23N5O3/c1-12-5-7-17(13(2)9-12)21-20(26)16(19-22-24-25-23-19)11-14-10-15(27-3)6-8-18(14)28-4/h5-10,16H,11H2,1-4H3,(H2,21,22,23,24,25,26)/p-1/t16-/m0/s1. The molecule has 0 radical (unpaired) electrons. The second-order valence-electron chi connectivity index (χ2n) is 6.48. The van der Waals surface area contributed by atoms with E-state index in [0.717, 1.165) is 22.4 Å². The normalized spacial score (nSPS) is 11.7. The van der Waals surface area contributed by atoms with Crippen molar-refractivity contribution in [2.24, 2.45) is 0 Å². The summed E-state index contributed by atoms with van der Waals surface area (Å²) in [5, 5.41) is 17.8. The molecule has 0 saturated heterocycles. The van der Waals surface area contributed by atoms with E-state index in [1.807, 2.05) is 38.1 Å². The molecule has 3 aromatic rings. The average Bonchev–Trinajstić information content (AvgIpc) is 3.22. The van der Waals surface area contributed by atoms with Gasteiger partial charge >= 0.3 is 0 Å². The number of hydrogen-bond acceptors (Lipinski definition) is 6. The van der Waals surface area contributed by atoms with Gasteiger partial charge in [-0.3, -0.25) is 15.1 Å². The predicted molar refractivity (Wildman–Crippen MR) is 104 cm³/mol. The zero-order chi connectivity index (χ0) is 20.1. The van der Waals surface area contributed by atoms with Gasteiger partial charge in [-0.25, -0.2) is 0 Å². The van der Waals surface area contributed by atoms with E-state index in [0.29, 0.717) is 17.9 Å². The van der Waals surface area contributed by atoms with Gasteiger partial charge in [-0.1, -0.05) is 17.7 Å². The first kappa shape index (κ1) is 19.3. The van der Waals surface area contributed by atoms with Crippen molar-refractivity contribution in [3.63, 3.8) is 0 Å². The number of ether oxygens (including phenoxy) is 2. The molecular weight excluding hydrogens is 358 g/mol. The van der Waals surface area contributed by atoms with Gasteiger partial charge in [0.05, 0.1) is 20.1 Å². The second-order valence-corrected chi connectivity index (χ2v) is 6.48. The van der Waals surface area contributed by atoms with Crippen molar-refractivity contribution < 1.29 is 14.3 Å². The van der Waals surface area contributed by atoms with Gasteiger partial charge in [0.15, 0.2) is 0 Å². The highest BCUT2D eigenvalue weighted by atomic mass is 16.5. The Morgan fingerprint density at radius 2 is 1.96 bits per heavy atom. The number of rotatable bonds is 7. The molecule has 1 N–H and O–H groups in total. The van der Waals surface area contributed by atoms with Crippen LogP contribution in [0.5, 0.6) is 11.5 Å². The van der Waals surface area contributed by atoms with Gasteiger partial charge in [0.1, 0.15) is 11.5 Å². The lowest BCUT2D eigenvalue weighted by atomic mass is 9.96. The Bertz CT molecular complexity index is 956. The third-order valence-corrected chi connectivity index (χ3v) is 4.51. The van der Waals surface area contributed by atoms with Crippen LogP contribution in [0, 0.1) is 13.8 Å². The van der Waals surface area contributed by atoms with Crippen molar-refractivity contribution in [3.05, 3.63) is 58.9 Å². The fraction of sp³-hybridized carbons (Fsp3) is 0.300. The first-order chi connectivity index (χ1) is 13.5.